The third kappa shape index (κ3) is 2.16. The Kier molecular flexibility index (Phi) is 3.23. The van der Waals surface area contributed by atoms with Crippen LogP contribution in [0.2, 0.25) is 0 Å². The topological polar surface area (TPSA) is 77.8 Å². The van der Waals surface area contributed by atoms with Gasteiger partial charge in [0.1, 0.15) is 11.8 Å². The average molecular weight is 249 g/mol. The monoisotopic (exact) mass is 249 g/mol. The second-order valence-corrected chi connectivity index (χ2v) is 4.50. The summed E-state index contributed by atoms with van der Waals surface area (Å²) in [6.07, 6.45) is 1.18. The van der Waals surface area contributed by atoms with Gasteiger partial charge in [-0.15, -0.1) is 0 Å². The lowest BCUT2D eigenvalue weighted by atomic mass is 10.1. The number of phenolic OH excluding ortho intramolecular Hbond substituents is 1. The molecular formula is C13H15NO4. The van der Waals surface area contributed by atoms with Crippen molar-refractivity contribution >= 4 is 11.9 Å². The summed E-state index contributed by atoms with van der Waals surface area (Å²) >= 11 is 0. The van der Waals surface area contributed by atoms with Gasteiger partial charge in [0.05, 0.1) is 0 Å². The van der Waals surface area contributed by atoms with E-state index in [1.54, 1.807) is 19.1 Å². The van der Waals surface area contributed by atoms with E-state index >= 15 is 0 Å². The fraction of sp³-hybridized carbons (Fsp3) is 0.385. The van der Waals surface area contributed by atoms with Crippen LogP contribution in [0.25, 0.3) is 0 Å². The van der Waals surface area contributed by atoms with Crippen molar-refractivity contribution in [1.82, 2.24) is 4.90 Å². The molecule has 0 radical (unpaired) electrons. The maximum Gasteiger partial charge on any atom is 0.326 e. The van der Waals surface area contributed by atoms with Gasteiger partial charge in [-0.2, -0.15) is 0 Å². The molecule has 2 N–H and O–H groups in total. The molecule has 0 aromatic heterocycles. The second kappa shape index (κ2) is 4.68. The lowest BCUT2D eigenvalue weighted by molar-refractivity contribution is -0.141. The molecule has 5 heteroatoms. The molecule has 0 bridgehead atoms. The number of phenols is 1. The number of carboxylic acids is 1. The van der Waals surface area contributed by atoms with Crippen molar-refractivity contribution in [3.8, 4) is 5.75 Å². The zero-order valence-corrected chi connectivity index (χ0v) is 10.1. The maximum absolute atomic E-state index is 12.2. The number of aliphatic carboxylic acids is 1. The van der Waals surface area contributed by atoms with Crippen LogP contribution in [-0.2, 0) is 4.79 Å². The Morgan fingerprint density at radius 3 is 2.72 bits per heavy atom. The SMILES string of the molecule is Cc1ccc(C(=O)N2CCCC2C(=O)O)cc1O. The molecule has 1 unspecified atom stereocenters. The van der Waals surface area contributed by atoms with Crippen LogP contribution in [0.1, 0.15) is 28.8 Å². The minimum atomic E-state index is -0.975. The zero-order valence-electron chi connectivity index (χ0n) is 10.1. The molecular weight excluding hydrogens is 234 g/mol. The van der Waals surface area contributed by atoms with Gasteiger partial charge < -0.3 is 15.1 Å². The van der Waals surface area contributed by atoms with Crippen LogP contribution in [-0.4, -0.2) is 39.6 Å². The molecule has 1 atom stereocenters. The van der Waals surface area contributed by atoms with E-state index in [0.717, 1.165) is 0 Å². The number of nitrogens with zero attached hydrogens (tertiary/aromatic N) is 1. The van der Waals surface area contributed by atoms with Crippen molar-refractivity contribution in [1.29, 1.82) is 0 Å². The van der Waals surface area contributed by atoms with E-state index in [2.05, 4.69) is 0 Å². The van der Waals surface area contributed by atoms with Crippen molar-refractivity contribution in [3.05, 3.63) is 29.3 Å². The van der Waals surface area contributed by atoms with E-state index < -0.39 is 12.0 Å². The number of rotatable bonds is 2. The van der Waals surface area contributed by atoms with Crippen LogP contribution in [0.4, 0.5) is 0 Å². The highest BCUT2D eigenvalue weighted by Gasteiger charge is 2.34. The first kappa shape index (κ1) is 12.4. The number of carbonyl (C=O) groups excluding carboxylic acids is 1. The van der Waals surface area contributed by atoms with Crippen LogP contribution in [0, 0.1) is 6.92 Å². The highest BCUT2D eigenvalue weighted by atomic mass is 16.4. The van der Waals surface area contributed by atoms with Crippen molar-refractivity contribution in [2.75, 3.05) is 6.54 Å². The van der Waals surface area contributed by atoms with Crippen molar-refractivity contribution in [2.24, 2.45) is 0 Å². The minimum absolute atomic E-state index is 0.0481. The fourth-order valence-electron chi connectivity index (χ4n) is 2.17. The number of likely N-dealkylation sites (tertiary alicyclic amines) is 1. The number of carboxylic acid groups (broad SMARTS) is 1. The Morgan fingerprint density at radius 1 is 1.39 bits per heavy atom. The zero-order chi connectivity index (χ0) is 13.3. The molecule has 1 aliphatic heterocycles. The molecule has 1 saturated heterocycles. The van der Waals surface area contributed by atoms with E-state index in [4.69, 9.17) is 5.11 Å². The molecule has 0 spiro atoms. The molecule has 0 saturated carbocycles. The molecule has 1 heterocycles. The van der Waals surface area contributed by atoms with Crippen molar-refractivity contribution in [2.45, 2.75) is 25.8 Å². The number of aromatic hydroxyl groups is 1. The smallest absolute Gasteiger partial charge is 0.326 e. The van der Waals surface area contributed by atoms with Gasteiger partial charge in [-0.1, -0.05) is 6.07 Å². The third-order valence-electron chi connectivity index (χ3n) is 3.25. The summed E-state index contributed by atoms with van der Waals surface area (Å²) in [6, 6.07) is 3.89. The Balaban J connectivity index is 2.25. The minimum Gasteiger partial charge on any atom is -0.508 e. The quantitative estimate of drug-likeness (QED) is 0.830. The molecule has 1 amide bonds. The highest BCUT2D eigenvalue weighted by Crippen LogP contribution is 2.23. The summed E-state index contributed by atoms with van der Waals surface area (Å²) in [4.78, 5) is 24.6. The van der Waals surface area contributed by atoms with Gasteiger partial charge in [0, 0.05) is 12.1 Å². The number of hydrogen-bond acceptors (Lipinski definition) is 3. The van der Waals surface area contributed by atoms with Gasteiger partial charge in [0.15, 0.2) is 0 Å². The van der Waals surface area contributed by atoms with Crippen LogP contribution < -0.4 is 0 Å². The number of carbonyl (C=O) groups is 2. The normalized spacial score (nSPS) is 18.9. The first-order valence-corrected chi connectivity index (χ1v) is 5.84. The van der Waals surface area contributed by atoms with E-state index in [0.29, 0.717) is 30.5 Å². The molecule has 1 aromatic carbocycles. The van der Waals surface area contributed by atoms with Crippen molar-refractivity contribution < 1.29 is 19.8 Å². The number of hydrogen-bond donors (Lipinski definition) is 2. The molecule has 1 fully saturated rings. The van der Waals surface area contributed by atoms with Crippen LogP contribution in [0.15, 0.2) is 18.2 Å². The van der Waals surface area contributed by atoms with E-state index in [-0.39, 0.29) is 11.7 Å². The third-order valence-corrected chi connectivity index (χ3v) is 3.25. The highest BCUT2D eigenvalue weighted by molar-refractivity contribution is 5.97. The molecule has 5 nitrogen and oxygen atoms in total. The summed E-state index contributed by atoms with van der Waals surface area (Å²) in [6.45, 7) is 2.18. The largest absolute Gasteiger partial charge is 0.508 e. The molecule has 18 heavy (non-hydrogen) atoms. The first-order chi connectivity index (χ1) is 8.50. The predicted molar refractivity (Wildman–Crippen MR) is 64.5 cm³/mol. The van der Waals surface area contributed by atoms with E-state index in [9.17, 15) is 14.7 Å². The molecule has 96 valence electrons. The van der Waals surface area contributed by atoms with Crippen LogP contribution in [0.3, 0.4) is 0 Å². The molecule has 0 aliphatic carbocycles. The number of aryl methyl sites for hydroxylation is 1. The molecule has 1 aromatic rings. The van der Waals surface area contributed by atoms with Gasteiger partial charge in [0.25, 0.3) is 5.91 Å². The second-order valence-electron chi connectivity index (χ2n) is 4.50. The van der Waals surface area contributed by atoms with Gasteiger partial charge in [-0.05, 0) is 37.5 Å². The van der Waals surface area contributed by atoms with E-state index in [1.807, 2.05) is 0 Å². The number of benzene rings is 1. The summed E-state index contributed by atoms with van der Waals surface area (Å²) in [5, 5.41) is 18.6. The Bertz CT molecular complexity index is 498. The fourth-order valence-corrected chi connectivity index (χ4v) is 2.17. The maximum atomic E-state index is 12.2. The Morgan fingerprint density at radius 2 is 2.11 bits per heavy atom. The average Bonchev–Trinajstić information content (AvgIpc) is 2.81. The Labute approximate surface area is 105 Å². The molecule has 1 aliphatic rings. The summed E-state index contributed by atoms with van der Waals surface area (Å²) in [5.41, 5.74) is 1.01. The summed E-state index contributed by atoms with van der Waals surface area (Å²) < 4.78 is 0. The summed E-state index contributed by atoms with van der Waals surface area (Å²) in [5.74, 6) is -1.26. The lowest BCUT2D eigenvalue weighted by Crippen LogP contribution is -2.40. The standard InChI is InChI=1S/C13H15NO4/c1-8-4-5-9(7-11(8)15)12(16)14-6-2-3-10(14)13(17)18/h4-5,7,10,15H,2-3,6H2,1H3,(H,17,18). The van der Waals surface area contributed by atoms with Crippen LogP contribution in [0.5, 0.6) is 5.75 Å². The van der Waals surface area contributed by atoms with Crippen molar-refractivity contribution in [3.63, 3.8) is 0 Å². The van der Waals surface area contributed by atoms with E-state index in [1.165, 1.54) is 11.0 Å². The van der Waals surface area contributed by atoms with Gasteiger partial charge >= 0.3 is 5.97 Å². The number of amides is 1. The molecule has 2 rings (SSSR count). The first-order valence-electron chi connectivity index (χ1n) is 5.84. The van der Waals surface area contributed by atoms with Gasteiger partial charge in [-0.25, -0.2) is 4.79 Å². The lowest BCUT2D eigenvalue weighted by Gasteiger charge is -2.21. The summed E-state index contributed by atoms with van der Waals surface area (Å²) in [7, 11) is 0. The Hall–Kier alpha value is -2.04. The van der Waals surface area contributed by atoms with Crippen LogP contribution >= 0.6 is 0 Å². The predicted octanol–water partition coefficient (Wildman–Crippen LogP) is 1.39. The van der Waals surface area contributed by atoms with Gasteiger partial charge in [-0.3, -0.25) is 4.79 Å². The van der Waals surface area contributed by atoms with Gasteiger partial charge in [0.2, 0.25) is 0 Å².